The summed E-state index contributed by atoms with van der Waals surface area (Å²) in [5, 5.41) is 2.53. The van der Waals surface area contributed by atoms with Crippen LogP contribution >= 0.6 is 30.6 Å². The highest BCUT2D eigenvalue weighted by Crippen LogP contribution is 2.36. The minimum atomic E-state index is 0.723. The highest BCUT2D eigenvalue weighted by molar-refractivity contribution is 7.99. The van der Waals surface area contributed by atoms with Crippen LogP contribution in [0.4, 0.5) is 0 Å². The molecule has 0 aliphatic heterocycles. The van der Waals surface area contributed by atoms with Gasteiger partial charge >= 0.3 is 0 Å². The van der Waals surface area contributed by atoms with Crippen LogP contribution in [0.3, 0.4) is 0 Å². The van der Waals surface area contributed by atoms with E-state index in [2.05, 4.69) is 6.07 Å². The molecule has 0 aromatic heterocycles. The fourth-order valence-corrected chi connectivity index (χ4v) is 3.72. The summed E-state index contributed by atoms with van der Waals surface area (Å²) in [7, 11) is 0.799. The minimum Gasteiger partial charge on any atom is -0.0843 e. The Labute approximate surface area is 146 Å². The van der Waals surface area contributed by atoms with Gasteiger partial charge < -0.3 is 0 Å². The van der Waals surface area contributed by atoms with Gasteiger partial charge in [0.15, 0.2) is 0 Å². The van der Waals surface area contributed by atoms with Crippen LogP contribution in [0, 0.1) is 0 Å². The molecule has 0 aliphatic carbocycles. The minimum absolute atomic E-state index is 0.723. The Morgan fingerprint density at radius 1 is 0.727 bits per heavy atom. The maximum absolute atomic E-state index is 6.41. The van der Waals surface area contributed by atoms with Crippen molar-refractivity contribution < 1.29 is 0 Å². The number of halogens is 2. The fraction of sp³-hybridized carbons (Fsp3) is 0. The van der Waals surface area contributed by atoms with Crippen molar-refractivity contribution in [3.05, 3.63) is 76.8 Å². The lowest BCUT2D eigenvalue weighted by Gasteiger charge is -2.14. The predicted molar refractivity (Wildman–Crippen MR) is 101 cm³/mol. The van der Waals surface area contributed by atoms with Gasteiger partial charge in [-0.05, 0) is 35.4 Å². The largest absolute Gasteiger partial charge is 0.0843 e. The Hall–Kier alpha value is -1.24. The van der Waals surface area contributed by atoms with Gasteiger partial charge in [0.05, 0.1) is 0 Å². The van der Waals surface area contributed by atoms with Crippen molar-refractivity contribution in [2.24, 2.45) is 0 Å². The molecule has 0 saturated heterocycles. The van der Waals surface area contributed by atoms with Gasteiger partial charge in [0.2, 0.25) is 0 Å². The summed E-state index contributed by atoms with van der Waals surface area (Å²) < 4.78 is 0. The van der Waals surface area contributed by atoms with Crippen molar-refractivity contribution in [3.8, 4) is 22.3 Å². The van der Waals surface area contributed by atoms with E-state index in [1.54, 1.807) is 0 Å². The molecular weight excluding hydrogens is 350 g/mol. The highest BCUT2D eigenvalue weighted by Gasteiger charge is 2.14. The monoisotopic (exact) mass is 360 g/mol. The average Bonchev–Trinajstić information content (AvgIpc) is 2.55. The molecule has 0 atom stereocenters. The normalized spacial score (nSPS) is 10.8. The number of rotatable bonds is 3. The molecule has 108 valence electrons. The van der Waals surface area contributed by atoms with Gasteiger partial charge in [0.25, 0.3) is 0 Å². The summed E-state index contributed by atoms with van der Waals surface area (Å²) in [6, 6.07) is 21.8. The zero-order valence-electron chi connectivity index (χ0n) is 11.5. The first-order valence-electron chi connectivity index (χ1n) is 6.68. The standard InChI is InChI=1S/C18H11Cl2PS/c19-13-10-8-12(9-11-13)14-5-3-7-17(21-22)18(14)15-4-1-2-6-16(15)20/h1-11H. The lowest BCUT2D eigenvalue weighted by atomic mass is 9.94. The van der Waals surface area contributed by atoms with Gasteiger partial charge in [0.1, 0.15) is 0 Å². The summed E-state index contributed by atoms with van der Waals surface area (Å²) >= 11 is 17.7. The number of benzene rings is 3. The van der Waals surface area contributed by atoms with Crippen molar-refractivity contribution in [3.63, 3.8) is 0 Å². The third kappa shape index (κ3) is 3.09. The molecule has 0 N–H and O–H groups in total. The van der Waals surface area contributed by atoms with Crippen molar-refractivity contribution in [2.75, 3.05) is 0 Å². The first-order chi connectivity index (χ1) is 10.7. The van der Waals surface area contributed by atoms with Crippen molar-refractivity contribution in [1.82, 2.24) is 0 Å². The van der Waals surface area contributed by atoms with E-state index in [0.717, 1.165) is 45.0 Å². The lowest BCUT2D eigenvalue weighted by Crippen LogP contribution is -2.00. The summed E-state index contributed by atoms with van der Waals surface area (Å²) in [4.78, 5) is 0. The molecule has 0 spiro atoms. The van der Waals surface area contributed by atoms with Crippen molar-refractivity contribution in [1.29, 1.82) is 0 Å². The van der Waals surface area contributed by atoms with Crippen molar-refractivity contribution in [2.45, 2.75) is 0 Å². The Morgan fingerprint density at radius 3 is 2.09 bits per heavy atom. The lowest BCUT2D eigenvalue weighted by molar-refractivity contribution is 1.60. The molecule has 0 amide bonds. The molecule has 0 radical (unpaired) electrons. The second-order valence-electron chi connectivity index (χ2n) is 4.78. The SMILES string of the molecule is S=Pc1cccc(-c2ccc(Cl)cc2)c1-c1ccccc1Cl. The Bertz CT molecular complexity index is 829. The van der Waals surface area contributed by atoms with Crippen LogP contribution in [0.1, 0.15) is 0 Å². The van der Waals surface area contributed by atoms with Gasteiger partial charge in [-0.2, -0.15) is 0 Å². The molecule has 22 heavy (non-hydrogen) atoms. The average molecular weight is 361 g/mol. The summed E-state index contributed by atoms with van der Waals surface area (Å²) in [5.41, 5.74) is 4.30. The van der Waals surface area contributed by atoms with E-state index in [-0.39, 0.29) is 0 Å². The number of hydrogen-bond acceptors (Lipinski definition) is 1. The van der Waals surface area contributed by atoms with E-state index < -0.39 is 0 Å². The summed E-state index contributed by atoms with van der Waals surface area (Å²) in [6.07, 6.45) is 0. The van der Waals surface area contributed by atoms with Crippen LogP contribution in [0.25, 0.3) is 22.3 Å². The van der Waals surface area contributed by atoms with Crippen LogP contribution in [0.2, 0.25) is 10.0 Å². The molecule has 0 aliphatic rings. The van der Waals surface area contributed by atoms with E-state index in [4.69, 9.17) is 35.0 Å². The van der Waals surface area contributed by atoms with Gasteiger partial charge in [-0.3, -0.25) is 0 Å². The molecule has 0 nitrogen and oxygen atoms in total. The third-order valence-electron chi connectivity index (χ3n) is 3.44. The predicted octanol–water partition coefficient (Wildman–Crippen LogP) is 6.36. The second kappa shape index (κ2) is 6.89. The molecule has 3 aromatic carbocycles. The third-order valence-corrected chi connectivity index (χ3v) is 5.18. The molecule has 0 unspecified atom stereocenters. The van der Waals surface area contributed by atoms with Gasteiger partial charge in [-0.25, -0.2) is 0 Å². The Balaban J connectivity index is 2.30. The van der Waals surface area contributed by atoms with Crippen LogP contribution in [0.5, 0.6) is 0 Å². The van der Waals surface area contributed by atoms with Gasteiger partial charge in [0, 0.05) is 33.8 Å². The summed E-state index contributed by atoms with van der Waals surface area (Å²) in [5.74, 6) is 0. The summed E-state index contributed by atoms with van der Waals surface area (Å²) in [6.45, 7) is 0. The Morgan fingerprint density at radius 2 is 1.41 bits per heavy atom. The smallest absolute Gasteiger partial charge is 0.0484 e. The quantitative estimate of drug-likeness (QED) is 0.489. The zero-order chi connectivity index (χ0) is 15.5. The maximum atomic E-state index is 6.41. The molecule has 3 rings (SSSR count). The van der Waals surface area contributed by atoms with Crippen LogP contribution < -0.4 is 5.30 Å². The highest BCUT2D eigenvalue weighted by atomic mass is 35.5. The van der Waals surface area contributed by atoms with Crippen LogP contribution in [-0.4, -0.2) is 0 Å². The van der Waals surface area contributed by atoms with E-state index in [9.17, 15) is 0 Å². The maximum Gasteiger partial charge on any atom is 0.0484 e. The van der Waals surface area contributed by atoms with Crippen molar-refractivity contribution >= 4 is 47.7 Å². The molecule has 0 bridgehead atoms. The molecule has 0 fully saturated rings. The van der Waals surface area contributed by atoms with Gasteiger partial charge in [-0.15, -0.1) is 0 Å². The Kier molecular flexibility index (Phi) is 4.90. The fourth-order valence-electron chi connectivity index (χ4n) is 2.43. The molecular formula is C18H11Cl2PS. The molecule has 3 aromatic rings. The zero-order valence-corrected chi connectivity index (χ0v) is 14.7. The van der Waals surface area contributed by atoms with Crippen LogP contribution in [0.15, 0.2) is 66.7 Å². The number of hydrogen-bond donors (Lipinski definition) is 0. The first kappa shape index (κ1) is 15.6. The molecule has 0 saturated carbocycles. The molecule has 0 heterocycles. The first-order valence-corrected chi connectivity index (χ1v) is 9.34. The van der Waals surface area contributed by atoms with E-state index in [1.165, 1.54) is 0 Å². The van der Waals surface area contributed by atoms with Crippen LogP contribution in [-0.2, 0) is 11.8 Å². The van der Waals surface area contributed by atoms with E-state index >= 15 is 0 Å². The molecule has 4 heteroatoms. The second-order valence-corrected chi connectivity index (χ2v) is 6.83. The van der Waals surface area contributed by atoms with Gasteiger partial charge in [-0.1, -0.05) is 77.5 Å². The van der Waals surface area contributed by atoms with E-state index in [1.807, 2.05) is 60.7 Å². The topological polar surface area (TPSA) is 0 Å². The van der Waals surface area contributed by atoms with E-state index in [0.29, 0.717) is 0 Å².